The predicted octanol–water partition coefficient (Wildman–Crippen LogP) is 4.69. The quantitative estimate of drug-likeness (QED) is 0.622. The number of halogens is 6. The second kappa shape index (κ2) is 8.70. The molecule has 2 rings (SSSR count). The summed E-state index contributed by atoms with van der Waals surface area (Å²) in [4.78, 5) is 10.2. The molecule has 3 nitrogen and oxygen atoms in total. The van der Waals surface area contributed by atoms with Crippen LogP contribution in [0.15, 0.2) is 42.5 Å². The van der Waals surface area contributed by atoms with Gasteiger partial charge in [0.25, 0.3) is 0 Å². The predicted molar refractivity (Wildman–Crippen MR) is 82.7 cm³/mol. The molecule has 0 saturated carbocycles. The molecule has 0 atom stereocenters. The first-order chi connectivity index (χ1) is 12.0. The zero-order valence-electron chi connectivity index (χ0n) is 13.5. The number of methoxy groups -OCH3 is 1. The van der Waals surface area contributed by atoms with Gasteiger partial charge in [0.2, 0.25) is 0 Å². The lowest BCUT2D eigenvalue weighted by molar-refractivity contribution is -0.143. The third kappa shape index (κ3) is 6.40. The summed E-state index contributed by atoms with van der Waals surface area (Å²) in [5.41, 5.74) is 2.87. The molecule has 0 spiro atoms. The molecule has 2 aromatic carbocycles. The van der Waals surface area contributed by atoms with Gasteiger partial charge in [-0.1, -0.05) is 12.1 Å². The molecule has 2 N–H and O–H groups in total. The van der Waals surface area contributed by atoms with Gasteiger partial charge in [-0.25, -0.2) is 0 Å². The van der Waals surface area contributed by atoms with Gasteiger partial charge >= 0.3 is 12.4 Å². The Hall–Kier alpha value is -2.55. The summed E-state index contributed by atoms with van der Waals surface area (Å²) in [6.07, 6.45) is -9.90. The van der Waals surface area contributed by atoms with Crippen molar-refractivity contribution in [2.45, 2.75) is 18.9 Å². The van der Waals surface area contributed by atoms with Crippen molar-refractivity contribution in [2.24, 2.45) is 5.73 Å². The molecule has 142 valence electrons. The number of aldehydes is 1. The molecule has 0 unspecified atom stereocenters. The van der Waals surface area contributed by atoms with E-state index in [9.17, 15) is 31.1 Å². The van der Waals surface area contributed by atoms with Crippen LogP contribution in [0.5, 0.6) is 5.75 Å². The van der Waals surface area contributed by atoms with E-state index in [1.807, 2.05) is 24.3 Å². The number of ether oxygens (including phenoxy) is 1. The Bertz CT molecular complexity index is 668. The van der Waals surface area contributed by atoms with Crippen molar-refractivity contribution in [3.63, 3.8) is 0 Å². The van der Waals surface area contributed by atoms with Crippen LogP contribution in [-0.4, -0.2) is 13.4 Å². The van der Waals surface area contributed by atoms with Gasteiger partial charge in [-0.15, -0.1) is 0 Å². The molecule has 0 aliphatic rings. The van der Waals surface area contributed by atoms with Crippen LogP contribution in [0, 0.1) is 0 Å². The van der Waals surface area contributed by atoms with E-state index in [0.29, 0.717) is 18.7 Å². The summed E-state index contributed by atoms with van der Waals surface area (Å²) >= 11 is 0. The Balaban J connectivity index is 0.000000289. The van der Waals surface area contributed by atoms with Gasteiger partial charge in [-0.2, -0.15) is 26.3 Å². The van der Waals surface area contributed by atoms with E-state index in [-0.39, 0.29) is 12.4 Å². The van der Waals surface area contributed by atoms with Crippen molar-refractivity contribution in [2.75, 3.05) is 7.11 Å². The minimum Gasteiger partial charge on any atom is -0.497 e. The first kappa shape index (κ1) is 21.5. The molecule has 0 aromatic heterocycles. The van der Waals surface area contributed by atoms with Crippen LogP contribution in [0.1, 0.15) is 27.0 Å². The van der Waals surface area contributed by atoms with Gasteiger partial charge in [0.05, 0.1) is 18.2 Å². The number of carbonyl (C=O) groups is 1. The van der Waals surface area contributed by atoms with Gasteiger partial charge in [0, 0.05) is 12.1 Å². The molecule has 0 radical (unpaired) electrons. The zero-order valence-corrected chi connectivity index (χ0v) is 13.5. The van der Waals surface area contributed by atoms with E-state index >= 15 is 0 Å². The fourth-order valence-electron chi connectivity index (χ4n) is 1.81. The van der Waals surface area contributed by atoms with Crippen LogP contribution in [0.3, 0.4) is 0 Å². The number of rotatable bonds is 3. The lowest BCUT2D eigenvalue weighted by Gasteiger charge is -2.12. The van der Waals surface area contributed by atoms with Crippen molar-refractivity contribution >= 4 is 6.29 Å². The van der Waals surface area contributed by atoms with Crippen molar-refractivity contribution in [3.05, 3.63) is 64.7 Å². The monoisotopic (exact) mass is 379 g/mol. The van der Waals surface area contributed by atoms with Crippen molar-refractivity contribution in [1.82, 2.24) is 0 Å². The van der Waals surface area contributed by atoms with Gasteiger partial charge in [-0.05, 0) is 35.9 Å². The zero-order chi connectivity index (χ0) is 20.0. The van der Waals surface area contributed by atoms with E-state index < -0.39 is 29.0 Å². The highest BCUT2D eigenvalue weighted by molar-refractivity contribution is 5.75. The molecule has 2 aromatic rings. The Labute approximate surface area is 145 Å². The number of hydrogen-bond donors (Lipinski definition) is 1. The van der Waals surface area contributed by atoms with Crippen molar-refractivity contribution < 1.29 is 35.9 Å². The minimum atomic E-state index is -4.92. The average molecular weight is 379 g/mol. The molecular weight excluding hydrogens is 364 g/mol. The molecule has 0 saturated heterocycles. The van der Waals surface area contributed by atoms with Crippen LogP contribution in [0.4, 0.5) is 26.3 Å². The number of benzene rings is 2. The molecule has 0 aliphatic heterocycles. The molecular formula is C17H15F6NO2. The Morgan fingerprint density at radius 1 is 0.923 bits per heavy atom. The summed E-state index contributed by atoms with van der Waals surface area (Å²) in [7, 11) is 1.65. The Kier molecular flexibility index (Phi) is 7.19. The highest BCUT2D eigenvalue weighted by Crippen LogP contribution is 2.35. The van der Waals surface area contributed by atoms with Crippen LogP contribution in [0.25, 0.3) is 0 Å². The van der Waals surface area contributed by atoms with Gasteiger partial charge in [-0.3, -0.25) is 4.79 Å². The largest absolute Gasteiger partial charge is 0.497 e. The summed E-state index contributed by atoms with van der Waals surface area (Å²) in [5.74, 6) is 0.872. The molecule has 26 heavy (non-hydrogen) atoms. The Morgan fingerprint density at radius 2 is 1.38 bits per heavy atom. The third-order valence-electron chi connectivity index (χ3n) is 3.14. The van der Waals surface area contributed by atoms with Crippen LogP contribution >= 0.6 is 0 Å². The van der Waals surface area contributed by atoms with E-state index in [0.717, 1.165) is 11.3 Å². The standard InChI is InChI=1S/C9H4F6O.C8H11NO/c10-8(11,12)6-1-5(4-16)2-7(3-6)9(13,14)15;1-10-8-4-2-7(6-9)3-5-8/h1-4H;2-5H,6,9H2,1H3. The lowest BCUT2D eigenvalue weighted by Crippen LogP contribution is -2.11. The molecule has 0 heterocycles. The van der Waals surface area contributed by atoms with Gasteiger partial charge in [0.1, 0.15) is 12.0 Å². The van der Waals surface area contributed by atoms with Crippen molar-refractivity contribution in [1.29, 1.82) is 0 Å². The fourth-order valence-corrected chi connectivity index (χ4v) is 1.81. The smallest absolute Gasteiger partial charge is 0.416 e. The SMILES string of the molecule is COc1ccc(CN)cc1.O=Cc1cc(C(F)(F)F)cc(C(F)(F)F)c1. The molecule has 0 bridgehead atoms. The molecule has 0 fully saturated rings. The number of carbonyl (C=O) groups excluding carboxylic acids is 1. The summed E-state index contributed by atoms with van der Waals surface area (Å²) in [5, 5.41) is 0. The third-order valence-corrected chi connectivity index (χ3v) is 3.14. The minimum absolute atomic E-state index is 0.0347. The molecule has 0 aliphatic carbocycles. The second-order valence-electron chi connectivity index (χ2n) is 5.01. The number of nitrogens with two attached hydrogens (primary N) is 1. The Morgan fingerprint density at radius 3 is 1.69 bits per heavy atom. The lowest BCUT2D eigenvalue weighted by atomic mass is 10.1. The first-order valence-corrected chi connectivity index (χ1v) is 7.09. The van der Waals surface area contributed by atoms with Gasteiger partial charge < -0.3 is 10.5 Å². The topological polar surface area (TPSA) is 52.3 Å². The van der Waals surface area contributed by atoms with Crippen LogP contribution < -0.4 is 10.5 Å². The first-order valence-electron chi connectivity index (χ1n) is 7.09. The summed E-state index contributed by atoms with van der Waals surface area (Å²) in [6, 6.07) is 8.42. The van der Waals surface area contributed by atoms with E-state index in [1.54, 1.807) is 7.11 Å². The van der Waals surface area contributed by atoms with E-state index in [4.69, 9.17) is 10.5 Å². The number of alkyl halides is 6. The summed E-state index contributed by atoms with van der Waals surface area (Å²) in [6.45, 7) is 0.587. The van der Waals surface area contributed by atoms with E-state index in [1.165, 1.54) is 0 Å². The van der Waals surface area contributed by atoms with Crippen molar-refractivity contribution in [3.8, 4) is 5.75 Å². The highest BCUT2D eigenvalue weighted by Gasteiger charge is 2.36. The summed E-state index contributed by atoms with van der Waals surface area (Å²) < 4.78 is 78.1. The highest BCUT2D eigenvalue weighted by atomic mass is 19.4. The second-order valence-corrected chi connectivity index (χ2v) is 5.01. The normalized spacial score (nSPS) is 11.4. The van der Waals surface area contributed by atoms with Crippen LogP contribution in [0.2, 0.25) is 0 Å². The maximum absolute atomic E-state index is 12.2. The van der Waals surface area contributed by atoms with E-state index in [2.05, 4.69) is 0 Å². The average Bonchev–Trinajstić information content (AvgIpc) is 2.60. The maximum Gasteiger partial charge on any atom is 0.416 e. The van der Waals surface area contributed by atoms with Gasteiger partial charge in [0.15, 0.2) is 0 Å². The molecule has 0 amide bonds. The van der Waals surface area contributed by atoms with Crippen LogP contribution in [-0.2, 0) is 18.9 Å². The fraction of sp³-hybridized carbons (Fsp3) is 0.235. The maximum atomic E-state index is 12.2. The molecule has 9 heteroatoms. The number of hydrogen-bond acceptors (Lipinski definition) is 3.